The maximum absolute atomic E-state index is 5.54. The van der Waals surface area contributed by atoms with Gasteiger partial charge in [0.05, 0.1) is 6.61 Å². The molecule has 1 saturated heterocycles. The van der Waals surface area contributed by atoms with Gasteiger partial charge in [-0.15, -0.1) is 5.06 Å². The van der Waals surface area contributed by atoms with E-state index in [-0.39, 0.29) is 0 Å². The minimum Gasteiger partial charge on any atom is -0.295 e. The van der Waals surface area contributed by atoms with Gasteiger partial charge in [0.15, 0.2) is 0 Å². The molecule has 0 aliphatic carbocycles. The highest BCUT2D eigenvalue weighted by Gasteiger charge is 2.31. The van der Waals surface area contributed by atoms with Gasteiger partial charge >= 0.3 is 0 Å². The van der Waals surface area contributed by atoms with E-state index in [0.717, 1.165) is 12.8 Å². The smallest absolute Gasteiger partial charge is 0.269 e. The Morgan fingerprint density at radius 1 is 1.20 bits per heavy atom. The summed E-state index contributed by atoms with van der Waals surface area (Å²) in [6.07, 6.45) is 2.06. The lowest BCUT2D eigenvalue weighted by molar-refractivity contribution is -0.184. The van der Waals surface area contributed by atoms with Crippen LogP contribution < -0.4 is 0 Å². The van der Waals surface area contributed by atoms with E-state index in [1.54, 1.807) is 0 Å². The zero-order valence-electron chi connectivity index (χ0n) is 5.32. The Morgan fingerprint density at radius 2 is 1.90 bits per heavy atom. The number of hydroxylamine groups is 2. The number of alkyl halides is 3. The monoisotopic (exact) mass is 203 g/mol. The molecule has 0 atom stereocenters. The van der Waals surface area contributed by atoms with Gasteiger partial charge in [0.25, 0.3) is 3.92 Å². The third-order valence-corrected chi connectivity index (χ3v) is 1.85. The summed E-state index contributed by atoms with van der Waals surface area (Å²) in [5.74, 6) is 0. The summed E-state index contributed by atoms with van der Waals surface area (Å²) in [6.45, 7) is 1.34. The lowest BCUT2D eigenvalue weighted by atomic mass is 10.3. The molecule has 0 amide bonds. The maximum Gasteiger partial charge on any atom is 0.269 e. The molecule has 1 heterocycles. The van der Waals surface area contributed by atoms with Crippen LogP contribution in [0.15, 0.2) is 0 Å². The Morgan fingerprint density at radius 3 is 2.20 bits per heavy atom. The lowest BCUT2D eigenvalue weighted by Gasteiger charge is -2.31. The molecular formula is C5H8Cl3NO. The van der Waals surface area contributed by atoms with Gasteiger partial charge in [-0.2, -0.15) is 0 Å². The van der Waals surface area contributed by atoms with Gasteiger partial charge in [-0.1, -0.05) is 34.8 Å². The Kier molecular flexibility index (Phi) is 3.07. The van der Waals surface area contributed by atoms with Crippen LogP contribution in [0.25, 0.3) is 0 Å². The first kappa shape index (κ1) is 8.88. The molecule has 0 aromatic heterocycles. The predicted octanol–water partition coefficient (Wildman–Crippen LogP) is 2.34. The Labute approximate surface area is 74.9 Å². The van der Waals surface area contributed by atoms with E-state index < -0.39 is 3.92 Å². The second kappa shape index (κ2) is 3.46. The molecule has 5 heteroatoms. The van der Waals surface area contributed by atoms with Crippen molar-refractivity contribution in [2.75, 3.05) is 13.2 Å². The second-order valence-electron chi connectivity index (χ2n) is 2.11. The SMILES string of the molecule is ClC(Cl)(Cl)N1CCCCO1. The Balaban J connectivity index is 2.39. The standard InChI is InChI=1S/C5H8Cl3NO/c6-5(7,8)9-3-1-2-4-10-9/h1-4H2. The fraction of sp³-hybridized carbons (Fsp3) is 1.00. The highest BCUT2D eigenvalue weighted by Crippen LogP contribution is 2.32. The highest BCUT2D eigenvalue weighted by molar-refractivity contribution is 6.67. The quantitative estimate of drug-likeness (QED) is 0.444. The fourth-order valence-electron chi connectivity index (χ4n) is 0.797. The molecule has 0 radical (unpaired) electrons. The summed E-state index contributed by atoms with van der Waals surface area (Å²) in [6, 6.07) is 0. The molecule has 10 heavy (non-hydrogen) atoms. The third-order valence-electron chi connectivity index (χ3n) is 1.29. The van der Waals surface area contributed by atoms with E-state index >= 15 is 0 Å². The first-order valence-corrected chi connectivity index (χ1v) is 4.21. The van der Waals surface area contributed by atoms with E-state index in [9.17, 15) is 0 Å². The molecule has 1 aliphatic rings. The first-order chi connectivity index (χ1) is 4.61. The summed E-state index contributed by atoms with van der Waals surface area (Å²) in [5.41, 5.74) is 0. The van der Waals surface area contributed by atoms with Crippen LogP contribution in [0.5, 0.6) is 0 Å². The molecule has 0 spiro atoms. The first-order valence-electron chi connectivity index (χ1n) is 3.08. The van der Waals surface area contributed by atoms with E-state index in [1.807, 2.05) is 0 Å². The maximum atomic E-state index is 5.54. The minimum atomic E-state index is -1.40. The Hall–Kier alpha value is 0.790. The molecule has 0 aromatic rings. The van der Waals surface area contributed by atoms with Crippen molar-refractivity contribution in [3.63, 3.8) is 0 Å². The molecule has 1 fully saturated rings. The zero-order chi connectivity index (χ0) is 7.61. The van der Waals surface area contributed by atoms with Gasteiger partial charge in [-0.3, -0.25) is 4.84 Å². The average molecular weight is 204 g/mol. The van der Waals surface area contributed by atoms with Crippen molar-refractivity contribution < 1.29 is 4.84 Å². The van der Waals surface area contributed by atoms with Gasteiger partial charge in [0.2, 0.25) is 0 Å². The van der Waals surface area contributed by atoms with Gasteiger partial charge in [0, 0.05) is 6.54 Å². The summed E-state index contributed by atoms with van der Waals surface area (Å²) in [5, 5.41) is 1.38. The van der Waals surface area contributed by atoms with Crippen LogP contribution >= 0.6 is 34.8 Å². The molecule has 0 aromatic carbocycles. The van der Waals surface area contributed by atoms with Crippen molar-refractivity contribution in [2.45, 2.75) is 16.8 Å². The second-order valence-corrected chi connectivity index (χ2v) is 4.33. The van der Waals surface area contributed by atoms with E-state index in [2.05, 4.69) is 0 Å². The van der Waals surface area contributed by atoms with Crippen molar-refractivity contribution in [3.05, 3.63) is 0 Å². The highest BCUT2D eigenvalue weighted by atomic mass is 35.6. The third kappa shape index (κ3) is 2.44. The largest absolute Gasteiger partial charge is 0.295 e. The predicted molar refractivity (Wildman–Crippen MR) is 42.2 cm³/mol. The van der Waals surface area contributed by atoms with Crippen LogP contribution in [-0.4, -0.2) is 22.1 Å². The number of halogens is 3. The lowest BCUT2D eigenvalue weighted by Crippen LogP contribution is -2.39. The number of hydrogen-bond donors (Lipinski definition) is 0. The average Bonchev–Trinajstić information content (AvgIpc) is 1.88. The van der Waals surface area contributed by atoms with E-state index in [0.29, 0.717) is 13.2 Å². The van der Waals surface area contributed by atoms with Crippen LogP contribution in [0.1, 0.15) is 12.8 Å². The normalized spacial score (nSPS) is 23.1. The zero-order valence-corrected chi connectivity index (χ0v) is 7.59. The van der Waals surface area contributed by atoms with Crippen molar-refractivity contribution in [3.8, 4) is 0 Å². The van der Waals surface area contributed by atoms with Crippen LogP contribution in [-0.2, 0) is 4.84 Å². The van der Waals surface area contributed by atoms with Gasteiger partial charge in [-0.05, 0) is 12.8 Å². The van der Waals surface area contributed by atoms with Crippen LogP contribution in [0.3, 0.4) is 0 Å². The van der Waals surface area contributed by atoms with E-state index in [4.69, 9.17) is 39.6 Å². The summed E-state index contributed by atoms with van der Waals surface area (Å²) in [4.78, 5) is 5.08. The van der Waals surface area contributed by atoms with Gasteiger partial charge in [0.1, 0.15) is 0 Å². The topological polar surface area (TPSA) is 12.5 Å². The van der Waals surface area contributed by atoms with Gasteiger partial charge in [-0.25, -0.2) is 0 Å². The van der Waals surface area contributed by atoms with Crippen molar-refractivity contribution in [2.24, 2.45) is 0 Å². The molecule has 0 bridgehead atoms. The van der Waals surface area contributed by atoms with Crippen molar-refractivity contribution in [1.29, 1.82) is 0 Å². The molecule has 0 N–H and O–H groups in total. The molecule has 1 aliphatic heterocycles. The van der Waals surface area contributed by atoms with Crippen LogP contribution in [0.2, 0.25) is 0 Å². The molecule has 60 valence electrons. The number of hydrogen-bond acceptors (Lipinski definition) is 2. The van der Waals surface area contributed by atoms with Crippen LogP contribution in [0.4, 0.5) is 0 Å². The van der Waals surface area contributed by atoms with E-state index in [1.165, 1.54) is 5.06 Å². The van der Waals surface area contributed by atoms with Gasteiger partial charge < -0.3 is 0 Å². The van der Waals surface area contributed by atoms with Crippen molar-refractivity contribution in [1.82, 2.24) is 5.06 Å². The number of nitrogens with zero attached hydrogens (tertiary/aromatic N) is 1. The molecule has 0 unspecified atom stereocenters. The summed E-state index contributed by atoms with van der Waals surface area (Å²) >= 11 is 16.6. The summed E-state index contributed by atoms with van der Waals surface area (Å²) < 4.78 is -1.40. The van der Waals surface area contributed by atoms with Crippen LogP contribution in [0, 0.1) is 0 Å². The number of rotatable bonds is 0. The molecule has 0 saturated carbocycles. The Bertz CT molecular complexity index is 108. The molecule has 1 rings (SSSR count). The summed E-state index contributed by atoms with van der Waals surface area (Å²) in [7, 11) is 0. The molecular weight excluding hydrogens is 196 g/mol. The van der Waals surface area contributed by atoms with Crippen molar-refractivity contribution >= 4 is 34.8 Å². The molecule has 2 nitrogen and oxygen atoms in total. The minimum absolute atomic E-state index is 0.647. The fourth-order valence-corrected chi connectivity index (χ4v) is 1.20.